The molecule has 28 heavy (non-hydrogen) atoms. The van der Waals surface area contributed by atoms with Gasteiger partial charge in [-0.25, -0.2) is 0 Å². The quantitative estimate of drug-likeness (QED) is 0.634. The third-order valence-corrected chi connectivity index (χ3v) is 8.00. The van der Waals surface area contributed by atoms with Gasteiger partial charge in [0.15, 0.2) is 0 Å². The van der Waals surface area contributed by atoms with Crippen molar-refractivity contribution in [1.82, 2.24) is 20.9 Å². The van der Waals surface area contributed by atoms with Crippen LogP contribution in [0.1, 0.15) is 40.7 Å². The van der Waals surface area contributed by atoms with Crippen molar-refractivity contribution in [2.45, 2.75) is 49.2 Å². The van der Waals surface area contributed by atoms with Crippen LogP contribution in [0.5, 0.6) is 0 Å². The van der Waals surface area contributed by atoms with Gasteiger partial charge < -0.3 is 15.5 Å². The summed E-state index contributed by atoms with van der Waals surface area (Å²) in [5.41, 5.74) is 2.82. The summed E-state index contributed by atoms with van der Waals surface area (Å²) < 4.78 is 0.425. The maximum Gasteiger partial charge on any atom is 0.255 e. The van der Waals surface area contributed by atoms with Gasteiger partial charge in [-0.2, -0.15) is 11.8 Å². The number of benzene rings is 1. The average Bonchev–Trinajstić information content (AvgIpc) is 3.23. The van der Waals surface area contributed by atoms with Crippen LogP contribution in [0, 0.1) is 0 Å². The molecule has 2 atom stereocenters. The lowest BCUT2D eigenvalue weighted by Crippen LogP contribution is -2.56. The number of piperidine rings is 1. The van der Waals surface area contributed by atoms with E-state index in [1.807, 2.05) is 12.1 Å². The number of nitrogens with zero attached hydrogens (tertiary/aromatic N) is 1. The Morgan fingerprint density at radius 3 is 2.82 bits per heavy atom. The molecule has 1 aromatic rings. The minimum atomic E-state index is -0.560. The van der Waals surface area contributed by atoms with Crippen molar-refractivity contribution in [3.05, 3.63) is 34.9 Å². The second-order valence-corrected chi connectivity index (χ2v) is 9.71. The number of hydrogen-bond donors (Lipinski definition) is 3. The number of carbonyl (C=O) groups is 3. The van der Waals surface area contributed by atoms with Crippen molar-refractivity contribution in [3.63, 3.8) is 0 Å². The minimum Gasteiger partial charge on any atom is -0.322 e. The summed E-state index contributed by atoms with van der Waals surface area (Å²) in [4.78, 5) is 38.2. The fourth-order valence-corrected chi connectivity index (χ4v) is 6.21. The fourth-order valence-electron chi connectivity index (χ4n) is 4.70. The molecular formula is C20H24N4O3S. The highest BCUT2D eigenvalue weighted by atomic mass is 32.2. The molecule has 1 aromatic carbocycles. The zero-order chi connectivity index (χ0) is 19.3. The van der Waals surface area contributed by atoms with Gasteiger partial charge in [0, 0.05) is 54.7 Å². The number of imide groups is 1. The number of carbonyl (C=O) groups excluding carboxylic acids is 3. The van der Waals surface area contributed by atoms with E-state index < -0.39 is 6.04 Å². The first-order valence-electron chi connectivity index (χ1n) is 9.88. The maximum atomic E-state index is 12.9. The lowest BCUT2D eigenvalue weighted by Gasteiger charge is -2.38. The fraction of sp³-hybridized carbons (Fsp3) is 0.550. The predicted octanol–water partition coefficient (Wildman–Crippen LogP) is 0.385. The highest BCUT2D eigenvalue weighted by Gasteiger charge is 2.44. The van der Waals surface area contributed by atoms with Crippen LogP contribution in [0.3, 0.4) is 0 Å². The number of thioether (sulfide) groups is 1. The van der Waals surface area contributed by atoms with E-state index in [0.717, 1.165) is 36.5 Å². The number of fused-ring (bicyclic) bond motifs is 1. The van der Waals surface area contributed by atoms with E-state index in [1.165, 1.54) is 6.42 Å². The topological polar surface area (TPSA) is 90.5 Å². The molecule has 0 aliphatic carbocycles. The summed E-state index contributed by atoms with van der Waals surface area (Å²) in [6.07, 6.45) is 1.86. The van der Waals surface area contributed by atoms with E-state index in [1.54, 1.807) is 4.90 Å². The lowest BCUT2D eigenvalue weighted by atomic mass is 9.94. The van der Waals surface area contributed by atoms with Crippen molar-refractivity contribution in [2.24, 2.45) is 0 Å². The zero-order valence-electron chi connectivity index (χ0n) is 15.6. The summed E-state index contributed by atoms with van der Waals surface area (Å²) in [5, 5.41) is 9.40. The zero-order valence-corrected chi connectivity index (χ0v) is 16.4. The van der Waals surface area contributed by atoms with Crippen LogP contribution in [-0.4, -0.2) is 58.3 Å². The molecule has 7 nitrogen and oxygen atoms in total. The van der Waals surface area contributed by atoms with Crippen LogP contribution in [0.4, 0.5) is 0 Å². The highest BCUT2D eigenvalue weighted by Crippen LogP contribution is 2.41. The Kier molecular flexibility index (Phi) is 4.45. The molecule has 3 fully saturated rings. The molecule has 3 amide bonds. The Morgan fingerprint density at radius 1 is 1.25 bits per heavy atom. The molecule has 3 N–H and O–H groups in total. The largest absolute Gasteiger partial charge is 0.322 e. The van der Waals surface area contributed by atoms with Crippen molar-refractivity contribution < 1.29 is 14.4 Å². The number of rotatable bonds is 4. The smallest absolute Gasteiger partial charge is 0.255 e. The van der Waals surface area contributed by atoms with Crippen LogP contribution in [-0.2, 0) is 22.7 Å². The molecule has 148 valence electrons. The summed E-state index contributed by atoms with van der Waals surface area (Å²) >= 11 is 2.06. The summed E-state index contributed by atoms with van der Waals surface area (Å²) in [5.74, 6) is 0.392. The van der Waals surface area contributed by atoms with Crippen LogP contribution in [0.25, 0.3) is 0 Å². The first-order chi connectivity index (χ1) is 13.5. The average molecular weight is 401 g/mol. The van der Waals surface area contributed by atoms with Gasteiger partial charge in [0.2, 0.25) is 11.8 Å². The Hall–Kier alpha value is -1.90. The SMILES string of the molecule is O=C1CCC(N2Cc3c(CNC4CSC5(CNC5)C4)cccc3C2=O)C(=O)N1. The van der Waals surface area contributed by atoms with Crippen molar-refractivity contribution in [2.75, 3.05) is 18.8 Å². The Labute approximate surface area is 168 Å². The molecule has 4 aliphatic heterocycles. The van der Waals surface area contributed by atoms with Crippen molar-refractivity contribution >= 4 is 29.5 Å². The van der Waals surface area contributed by atoms with Crippen LogP contribution >= 0.6 is 11.8 Å². The lowest BCUT2D eigenvalue weighted by molar-refractivity contribution is -0.136. The second kappa shape index (κ2) is 6.86. The molecule has 4 heterocycles. The van der Waals surface area contributed by atoms with Gasteiger partial charge in [-0.1, -0.05) is 12.1 Å². The van der Waals surface area contributed by atoms with Crippen LogP contribution in [0.15, 0.2) is 18.2 Å². The van der Waals surface area contributed by atoms with E-state index in [2.05, 4.69) is 33.8 Å². The predicted molar refractivity (Wildman–Crippen MR) is 106 cm³/mol. The standard InChI is InChI=1S/C20H24N4O3S/c25-17-5-4-16(18(26)23-17)24-8-15-12(2-1-3-14(15)19(24)27)7-22-13-6-20(28-9-13)10-21-11-20/h1-3,13,16,21-22H,4-11H2,(H,23,25,26). The monoisotopic (exact) mass is 400 g/mol. The molecule has 8 heteroatoms. The molecule has 3 saturated heterocycles. The third kappa shape index (κ3) is 3.03. The van der Waals surface area contributed by atoms with Gasteiger partial charge in [0.05, 0.1) is 0 Å². The van der Waals surface area contributed by atoms with E-state index in [-0.39, 0.29) is 24.1 Å². The van der Waals surface area contributed by atoms with E-state index in [9.17, 15) is 14.4 Å². The van der Waals surface area contributed by atoms with E-state index in [0.29, 0.717) is 29.3 Å². The minimum absolute atomic E-state index is 0.109. The summed E-state index contributed by atoms with van der Waals surface area (Å²) in [6, 6.07) is 5.76. The van der Waals surface area contributed by atoms with Gasteiger partial charge >= 0.3 is 0 Å². The van der Waals surface area contributed by atoms with E-state index in [4.69, 9.17) is 0 Å². The number of amides is 3. The molecule has 5 rings (SSSR count). The molecule has 1 spiro atoms. The molecular weight excluding hydrogens is 376 g/mol. The van der Waals surface area contributed by atoms with Gasteiger partial charge in [0.25, 0.3) is 5.91 Å². The number of nitrogens with one attached hydrogen (secondary N) is 3. The van der Waals surface area contributed by atoms with Crippen molar-refractivity contribution in [3.8, 4) is 0 Å². The van der Waals surface area contributed by atoms with E-state index >= 15 is 0 Å². The van der Waals surface area contributed by atoms with Gasteiger partial charge in [-0.15, -0.1) is 0 Å². The van der Waals surface area contributed by atoms with Gasteiger partial charge in [-0.05, 0) is 30.0 Å². The van der Waals surface area contributed by atoms with Gasteiger partial charge in [0.1, 0.15) is 6.04 Å². The molecule has 0 saturated carbocycles. The van der Waals surface area contributed by atoms with Crippen LogP contribution in [0.2, 0.25) is 0 Å². The highest BCUT2D eigenvalue weighted by molar-refractivity contribution is 8.01. The molecule has 2 unspecified atom stereocenters. The summed E-state index contributed by atoms with van der Waals surface area (Å²) in [7, 11) is 0. The number of hydrogen-bond acceptors (Lipinski definition) is 6. The van der Waals surface area contributed by atoms with Gasteiger partial charge in [-0.3, -0.25) is 19.7 Å². The first kappa shape index (κ1) is 18.1. The Bertz CT molecular complexity index is 854. The Morgan fingerprint density at radius 2 is 2.11 bits per heavy atom. The Balaban J connectivity index is 1.28. The van der Waals surface area contributed by atoms with Crippen LogP contribution < -0.4 is 16.0 Å². The molecule has 0 radical (unpaired) electrons. The summed E-state index contributed by atoms with van der Waals surface area (Å²) in [6.45, 7) is 3.37. The second-order valence-electron chi connectivity index (χ2n) is 8.22. The molecule has 0 aromatic heterocycles. The first-order valence-corrected chi connectivity index (χ1v) is 10.9. The van der Waals surface area contributed by atoms with Crippen molar-refractivity contribution in [1.29, 1.82) is 0 Å². The normalized spacial score (nSPS) is 28.4. The third-order valence-electron chi connectivity index (χ3n) is 6.36. The molecule has 4 aliphatic rings. The maximum absolute atomic E-state index is 12.9. The molecule has 0 bridgehead atoms.